The molecule has 31 heavy (non-hydrogen) atoms. The van der Waals surface area contributed by atoms with Gasteiger partial charge in [-0.15, -0.1) is 0 Å². The minimum Gasteiger partial charge on any atom is -0.348 e. The Labute approximate surface area is 186 Å². The van der Waals surface area contributed by atoms with Gasteiger partial charge < -0.3 is 20.7 Å². The van der Waals surface area contributed by atoms with Gasteiger partial charge in [0.25, 0.3) is 5.91 Å². The minimum atomic E-state index is -0.786. The van der Waals surface area contributed by atoms with E-state index in [-0.39, 0.29) is 19.0 Å². The molecule has 0 bridgehead atoms. The standard InChI is InChI=1S/C14H17N3O4.C7H14.C3H8/c1-10(13(20)15-7-8-18)17-12(19)9-16-14(21)11-5-3-2-4-6-11;1-7-5-3-2-4-6-7;1-3-2/h2-6,8,10H,7,9H2,1H3,(H,15,20)(H,16,21)(H,17,19);7H,2-6H2,1H3;3H2,1-2H3. The van der Waals surface area contributed by atoms with E-state index in [1.807, 2.05) is 0 Å². The summed E-state index contributed by atoms with van der Waals surface area (Å²) < 4.78 is 0. The Bertz CT molecular complexity index is 643. The maximum Gasteiger partial charge on any atom is 0.251 e. The first-order valence-corrected chi connectivity index (χ1v) is 11.2. The zero-order valence-electron chi connectivity index (χ0n) is 19.4. The summed E-state index contributed by atoms with van der Waals surface area (Å²) in [5.74, 6) is -0.296. The van der Waals surface area contributed by atoms with Gasteiger partial charge in [0.1, 0.15) is 12.3 Å². The Hall–Kier alpha value is -2.70. The molecule has 1 atom stereocenters. The molecule has 1 aromatic rings. The summed E-state index contributed by atoms with van der Waals surface area (Å²) in [5, 5.41) is 7.18. The number of carbonyl (C=O) groups is 4. The van der Waals surface area contributed by atoms with Crippen molar-refractivity contribution in [1.29, 1.82) is 0 Å². The highest BCUT2D eigenvalue weighted by Crippen LogP contribution is 2.22. The van der Waals surface area contributed by atoms with E-state index in [0.29, 0.717) is 11.8 Å². The van der Waals surface area contributed by atoms with E-state index in [9.17, 15) is 19.2 Å². The van der Waals surface area contributed by atoms with Crippen LogP contribution < -0.4 is 16.0 Å². The van der Waals surface area contributed by atoms with E-state index in [4.69, 9.17) is 0 Å². The van der Waals surface area contributed by atoms with Crippen LogP contribution in [0.15, 0.2) is 30.3 Å². The highest BCUT2D eigenvalue weighted by molar-refractivity contribution is 5.97. The molecule has 1 unspecified atom stereocenters. The Morgan fingerprint density at radius 3 is 2.10 bits per heavy atom. The maximum atomic E-state index is 11.7. The fourth-order valence-electron chi connectivity index (χ4n) is 2.81. The number of carbonyl (C=O) groups excluding carboxylic acids is 4. The molecule has 0 saturated heterocycles. The fraction of sp³-hybridized carbons (Fsp3) is 0.583. The average molecular weight is 434 g/mol. The number of nitrogens with one attached hydrogen (secondary N) is 3. The zero-order chi connectivity index (χ0) is 23.5. The van der Waals surface area contributed by atoms with Gasteiger partial charge in [-0.1, -0.05) is 77.5 Å². The molecule has 2 rings (SSSR count). The summed E-state index contributed by atoms with van der Waals surface area (Å²) in [6.45, 7) is 7.75. The van der Waals surface area contributed by atoms with Gasteiger partial charge in [-0.25, -0.2) is 0 Å². The van der Waals surface area contributed by atoms with Gasteiger partial charge in [-0.3, -0.25) is 14.4 Å². The van der Waals surface area contributed by atoms with E-state index in [2.05, 4.69) is 36.7 Å². The number of rotatable bonds is 7. The first-order chi connectivity index (χ1) is 14.8. The molecule has 0 spiro atoms. The summed E-state index contributed by atoms with van der Waals surface area (Å²) in [6.07, 6.45) is 9.24. The molecule has 7 nitrogen and oxygen atoms in total. The van der Waals surface area contributed by atoms with E-state index >= 15 is 0 Å². The average Bonchev–Trinajstić information content (AvgIpc) is 2.78. The van der Waals surface area contributed by atoms with Gasteiger partial charge in [0.2, 0.25) is 11.8 Å². The van der Waals surface area contributed by atoms with Crippen LogP contribution in [0.1, 0.15) is 76.6 Å². The predicted molar refractivity (Wildman–Crippen MR) is 124 cm³/mol. The number of aldehydes is 1. The van der Waals surface area contributed by atoms with Crippen molar-refractivity contribution in [3.63, 3.8) is 0 Å². The third-order valence-electron chi connectivity index (χ3n) is 4.47. The number of hydrogen-bond donors (Lipinski definition) is 3. The topological polar surface area (TPSA) is 104 Å². The van der Waals surface area contributed by atoms with Crippen LogP contribution in [0, 0.1) is 5.92 Å². The lowest BCUT2D eigenvalue weighted by Gasteiger charge is -2.15. The van der Waals surface area contributed by atoms with Gasteiger partial charge in [0, 0.05) is 5.56 Å². The van der Waals surface area contributed by atoms with Crippen LogP contribution in [0.2, 0.25) is 0 Å². The maximum absolute atomic E-state index is 11.7. The van der Waals surface area contributed by atoms with Crippen molar-refractivity contribution in [2.75, 3.05) is 13.1 Å². The largest absolute Gasteiger partial charge is 0.348 e. The second-order valence-electron chi connectivity index (χ2n) is 7.70. The first kappa shape index (κ1) is 28.3. The second-order valence-corrected chi connectivity index (χ2v) is 7.70. The Kier molecular flexibility index (Phi) is 16.5. The van der Waals surface area contributed by atoms with Crippen molar-refractivity contribution >= 4 is 24.0 Å². The molecule has 1 aromatic carbocycles. The van der Waals surface area contributed by atoms with Crippen molar-refractivity contribution < 1.29 is 19.2 Å². The predicted octanol–water partition coefficient (Wildman–Crippen LogP) is 3.24. The van der Waals surface area contributed by atoms with Gasteiger partial charge >= 0.3 is 0 Å². The van der Waals surface area contributed by atoms with Gasteiger partial charge in [-0.2, -0.15) is 0 Å². The number of hydrogen-bond acceptors (Lipinski definition) is 4. The van der Waals surface area contributed by atoms with Crippen molar-refractivity contribution in [2.24, 2.45) is 5.92 Å². The van der Waals surface area contributed by atoms with Gasteiger partial charge in [0.15, 0.2) is 0 Å². The molecule has 0 aromatic heterocycles. The van der Waals surface area contributed by atoms with Crippen LogP contribution in [0.25, 0.3) is 0 Å². The highest BCUT2D eigenvalue weighted by atomic mass is 16.2. The van der Waals surface area contributed by atoms with Crippen molar-refractivity contribution in [3.05, 3.63) is 35.9 Å². The molecular formula is C24H39N3O4. The molecular weight excluding hydrogens is 394 g/mol. The highest BCUT2D eigenvalue weighted by Gasteiger charge is 2.15. The monoisotopic (exact) mass is 433 g/mol. The van der Waals surface area contributed by atoms with Gasteiger partial charge in [-0.05, 0) is 25.0 Å². The third kappa shape index (κ3) is 14.9. The smallest absolute Gasteiger partial charge is 0.251 e. The van der Waals surface area contributed by atoms with Crippen LogP contribution in [-0.2, 0) is 14.4 Å². The molecule has 1 aliphatic carbocycles. The summed E-state index contributed by atoms with van der Waals surface area (Å²) in [4.78, 5) is 44.8. The van der Waals surface area contributed by atoms with E-state index in [1.165, 1.54) is 45.4 Å². The molecule has 7 heteroatoms. The molecule has 0 heterocycles. The summed E-state index contributed by atoms with van der Waals surface area (Å²) in [6, 6.07) is 7.68. The zero-order valence-corrected chi connectivity index (χ0v) is 19.4. The van der Waals surface area contributed by atoms with Crippen LogP contribution in [0.4, 0.5) is 0 Å². The van der Waals surface area contributed by atoms with E-state index in [0.717, 1.165) is 5.92 Å². The summed E-state index contributed by atoms with van der Waals surface area (Å²) in [7, 11) is 0. The molecule has 1 aliphatic rings. The van der Waals surface area contributed by atoms with Crippen LogP contribution in [0.5, 0.6) is 0 Å². The second kappa shape index (κ2) is 18.1. The Balaban J connectivity index is 0.000000739. The molecule has 0 radical (unpaired) electrons. The lowest BCUT2D eigenvalue weighted by molar-refractivity contribution is -0.128. The molecule has 1 saturated carbocycles. The normalized spacial score (nSPS) is 13.8. The van der Waals surface area contributed by atoms with Crippen LogP contribution >= 0.6 is 0 Å². The van der Waals surface area contributed by atoms with E-state index < -0.39 is 17.9 Å². The molecule has 0 aliphatic heterocycles. The number of amides is 3. The Morgan fingerprint density at radius 2 is 1.61 bits per heavy atom. The molecule has 3 N–H and O–H groups in total. The molecule has 1 fully saturated rings. The SMILES string of the molecule is CC(NC(=O)CNC(=O)c1ccccc1)C(=O)NCC=O.CC1CCCCC1.CCC. The van der Waals surface area contributed by atoms with E-state index in [1.54, 1.807) is 30.3 Å². The van der Waals surface area contributed by atoms with Gasteiger partial charge in [0.05, 0.1) is 13.1 Å². The van der Waals surface area contributed by atoms with Crippen LogP contribution in [-0.4, -0.2) is 43.1 Å². The summed E-state index contributed by atoms with van der Waals surface area (Å²) in [5.41, 5.74) is 0.446. The minimum absolute atomic E-state index is 0.107. The first-order valence-electron chi connectivity index (χ1n) is 11.2. The summed E-state index contributed by atoms with van der Waals surface area (Å²) >= 11 is 0. The molecule has 174 valence electrons. The lowest BCUT2D eigenvalue weighted by Crippen LogP contribution is -2.48. The van der Waals surface area contributed by atoms with Crippen LogP contribution in [0.3, 0.4) is 0 Å². The lowest BCUT2D eigenvalue weighted by atomic mass is 9.91. The third-order valence-corrected chi connectivity index (χ3v) is 4.47. The Morgan fingerprint density at radius 1 is 1.03 bits per heavy atom. The number of benzene rings is 1. The van der Waals surface area contributed by atoms with Crippen molar-refractivity contribution in [2.45, 2.75) is 72.3 Å². The van der Waals surface area contributed by atoms with Crippen molar-refractivity contribution in [1.82, 2.24) is 16.0 Å². The van der Waals surface area contributed by atoms with Crippen molar-refractivity contribution in [3.8, 4) is 0 Å². The molecule has 3 amide bonds. The quantitative estimate of drug-likeness (QED) is 0.574. The fourth-order valence-corrected chi connectivity index (χ4v) is 2.81.